The van der Waals surface area contributed by atoms with E-state index in [1.165, 1.54) is 18.2 Å². The summed E-state index contributed by atoms with van der Waals surface area (Å²) in [6.45, 7) is 2.08. The second-order valence-corrected chi connectivity index (χ2v) is 5.82. The van der Waals surface area contributed by atoms with Crippen molar-refractivity contribution in [3.05, 3.63) is 76.4 Å². The molecule has 0 amide bonds. The summed E-state index contributed by atoms with van der Waals surface area (Å²) < 4.78 is 26.9. The van der Waals surface area contributed by atoms with E-state index < -0.39 is 5.82 Å². The maximum Gasteiger partial charge on any atom is 0.225 e. The van der Waals surface area contributed by atoms with Crippen LogP contribution >= 0.6 is 11.6 Å². The third-order valence-corrected chi connectivity index (χ3v) is 3.73. The van der Waals surface area contributed by atoms with Crippen molar-refractivity contribution in [3.8, 4) is 0 Å². The van der Waals surface area contributed by atoms with E-state index in [0.717, 1.165) is 5.69 Å². The topological polar surface area (TPSA) is 49.8 Å². The van der Waals surface area contributed by atoms with E-state index in [2.05, 4.69) is 20.6 Å². The van der Waals surface area contributed by atoms with Gasteiger partial charge in [0, 0.05) is 29.6 Å². The van der Waals surface area contributed by atoms with Crippen LogP contribution in [0.3, 0.4) is 0 Å². The zero-order valence-corrected chi connectivity index (χ0v) is 14.1. The van der Waals surface area contributed by atoms with Crippen molar-refractivity contribution in [2.45, 2.75) is 13.5 Å². The molecule has 0 aliphatic carbocycles. The average molecular weight is 361 g/mol. The lowest BCUT2D eigenvalue weighted by Crippen LogP contribution is -2.07. The molecule has 0 saturated heterocycles. The molecule has 3 rings (SSSR count). The lowest BCUT2D eigenvalue weighted by Gasteiger charge is -2.11. The summed E-state index contributed by atoms with van der Waals surface area (Å²) in [6.07, 6.45) is 0. The van der Waals surface area contributed by atoms with Crippen molar-refractivity contribution in [3.63, 3.8) is 0 Å². The Kier molecular flexibility index (Phi) is 5.09. The van der Waals surface area contributed by atoms with Crippen molar-refractivity contribution in [1.82, 2.24) is 9.97 Å². The molecule has 0 spiro atoms. The molecule has 0 radical (unpaired) electrons. The maximum absolute atomic E-state index is 13.7. The molecule has 4 nitrogen and oxygen atoms in total. The molecule has 1 heterocycles. The summed E-state index contributed by atoms with van der Waals surface area (Å²) in [5.74, 6) is 0.102. The predicted octanol–water partition coefficient (Wildman–Crippen LogP) is 5.07. The number of halogens is 3. The molecular weight excluding hydrogens is 346 g/mol. The van der Waals surface area contributed by atoms with Crippen LogP contribution in [-0.4, -0.2) is 9.97 Å². The van der Waals surface area contributed by atoms with Crippen LogP contribution in [0, 0.1) is 18.6 Å². The number of hydrogen-bond donors (Lipinski definition) is 2. The van der Waals surface area contributed by atoms with Crippen molar-refractivity contribution in [2.75, 3.05) is 10.6 Å². The summed E-state index contributed by atoms with van der Waals surface area (Å²) in [5.41, 5.74) is 1.85. The van der Waals surface area contributed by atoms with Gasteiger partial charge in [-0.1, -0.05) is 29.8 Å². The van der Waals surface area contributed by atoms with Crippen molar-refractivity contribution >= 4 is 29.1 Å². The second-order valence-electron chi connectivity index (χ2n) is 5.42. The molecule has 7 heteroatoms. The molecule has 0 bridgehead atoms. The number of rotatable bonds is 5. The molecule has 1 aromatic heterocycles. The highest BCUT2D eigenvalue weighted by Crippen LogP contribution is 2.22. The summed E-state index contributed by atoms with van der Waals surface area (Å²) in [4.78, 5) is 8.61. The van der Waals surface area contributed by atoms with Crippen LogP contribution in [0.2, 0.25) is 5.02 Å². The quantitative estimate of drug-likeness (QED) is 0.666. The Morgan fingerprint density at radius 3 is 2.56 bits per heavy atom. The predicted molar refractivity (Wildman–Crippen MR) is 95.2 cm³/mol. The molecule has 25 heavy (non-hydrogen) atoms. The standard InChI is InChI=1S/C18H15ClF2N4/c1-11-8-17(24-13-6-7-16(21)14(19)9-13)25-18(23-11)22-10-12-4-2-3-5-15(12)20/h2-9H,10H2,1H3,(H2,22,23,24,25). The van der Waals surface area contributed by atoms with Crippen LogP contribution in [0.5, 0.6) is 0 Å². The molecule has 0 unspecified atom stereocenters. The van der Waals surface area contributed by atoms with Gasteiger partial charge in [-0.05, 0) is 31.2 Å². The SMILES string of the molecule is Cc1cc(Nc2ccc(F)c(Cl)c2)nc(NCc2ccccc2F)n1. The van der Waals surface area contributed by atoms with Crippen LogP contribution in [0.1, 0.15) is 11.3 Å². The monoisotopic (exact) mass is 360 g/mol. The smallest absolute Gasteiger partial charge is 0.225 e. The third-order valence-electron chi connectivity index (χ3n) is 3.44. The number of nitrogens with one attached hydrogen (secondary N) is 2. The fraction of sp³-hybridized carbons (Fsp3) is 0.111. The number of hydrogen-bond acceptors (Lipinski definition) is 4. The van der Waals surface area contributed by atoms with Gasteiger partial charge in [0.15, 0.2) is 0 Å². The first-order valence-corrected chi connectivity index (χ1v) is 7.94. The maximum atomic E-state index is 13.7. The minimum Gasteiger partial charge on any atom is -0.350 e. The Morgan fingerprint density at radius 2 is 1.80 bits per heavy atom. The highest BCUT2D eigenvalue weighted by molar-refractivity contribution is 6.31. The van der Waals surface area contributed by atoms with Crippen LogP contribution < -0.4 is 10.6 Å². The molecular formula is C18H15ClF2N4. The lowest BCUT2D eigenvalue weighted by atomic mass is 10.2. The molecule has 2 N–H and O–H groups in total. The second kappa shape index (κ2) is 7.44. The summed E-state index contributed by atoms with van der Waals surface area (Å²) in [6, 6.07) is 12.5. The number of aromatic nitrogens is 2. The molecule has 0 saturated carbocycles. The minimum absolute atomic E-state index is 0.0219. The van der Waals surface area contributed by atoms with Crippen LogP contribution in [0.15, 0.2) is 48.5 Å². The van der Waals surface area contributed by atoms with E-state index >= 15 is 0 Å². The van der Waals surface area contributed by atoms with Crippen LogP contribution in [0.4, 0.5) is 26.2 Å². The molecule has 128 valence electrons. The first-order valence-electron chi connectivity index (χ1n) is 7.56. The zero-order valence-electron chi connectivity index (χ0n) is 13.4. The van der Waals surface area contributed by atoms with E-state index in [9.17, 15) is 8.78 Å². The molecule has 0 atom stereocenters. The van der Waals surface area contributed by atoms with E-state index in [4.69, 9.17) is 11.6 Å². The van der Waals surface area contributed by atoms with Gasteiger partial charge < -0.3 is 10.6 Å². The van der Waals surface area contributed by atoms with Gasteiger partial charge in [-0.3, -0.25) is 0 Å². The van der Waals surface area contributed by atoms with Gasteiger partial charge in [0.2, 0.25) is 5.95 Å². The van der Waals surface area contributed by atoms with Gasteiger partial charge in [0.1, 0.15) is 17.5 Å². The Bertz CT molecular complexity index is 902. The van der Waals surface area contributed by atoms with E-state index in [1.807, 2.05) is 6.92 Å². The lowest BCUT2D eigenvalue weighted by molar-refractivity contribution is 0.612. The van der Waals surface area contributed by atoms with E-state index in [1.54, 1.807) is 30.3 Å². The van der Waals surface area contributed by atoms with Crippen molar-refractivity contribution in [1.29, 1.82) is 0 Å². The highest BCUT2D eigenvalue weighted by atomic mass is 35.5. The Morgan fingerprint density at radius 1 is 1.00 bits per heavy atom. The Labute approximate surface area is 148 Å². The molecule has 2 aromatic carbocycles. The van der Waals surface area contributed by atoms with Gasteiger partial charge in [-0.2, -0.15) is 4.98 Å². The van der Waals surface area contributed by atoms with Gasteiger partial charge in [0.05, 0.1) is 5.02 Å². The Hall–Kier alpha value is -2.73. The number of nitrogens with zero attached hydrogens (tertiary/aromatic N) is 2. The van der Waals surface area contributed by atoms with E-state index in [-0.39, 0.29) is 17.4 Å². The molecule has 3 aromatic rings. The summed E-state index contributed by atoms with van der Waals surface area (Å²) in [5, 5.41) is 6.07. The van der Waals surface area contributed by atoms with E-state index in [0.29, 0.717) is 23.0 Å². The zero-order chi connectivity index (χ0) is 17.8. The number of aryl methyl sites for hydroxylation is 1. The fourth-order valence-corrected chi connectivity index (χ4v) is 2.43. The number of benzene rings is 2. The summed E-state index contributed by atoms with van der Waals surface area (Å²) in [7, 11) is 0. The fourth-order valence-electron chi connectivity index (χ4n) is 2.25. The summed E-state index contributed by atoms with van der Waals surface area (Å²) >= 11 is 5.78. The van der Waals surface area contributed by atoms with Gasteiger partial charge >= 0.3 is 0 Å². The average Bonchev–Trinajstić information content (AvgIpc) is 2.57. The van der Waals surface area contributed by atoms with Crippen molar-refractivity contribution < 1.29 is 8.78 Å². The third kappa shape index (κ3) is 4.42. The molecule has 0 aliphatic rings. The first-order chi connectivity index (χ1) is 12.0. The van der Waals surface area contributed by atoms with Gasteiger partial charge in [0.25, 0.3) is 0 Å². The molecule has 0 fully saturated rings. The minimum atomic E-state index is -0.488. The number of anilines is 3. The van der Waals surface area contributed by atoms with Gasteiger partial charge in [-0.15, -0.1) is 0 Å². The normalized spacial score (nSPS) is 10.6. The van der Waals surface area contributed by atoms with Crippen molar-refractivity contribution in [2.24, 2.45) is 0 Å². The highest BCUT2D eigenvalue weighted by Gasteiger charge is 2.06. The van der Waals surface area contributed by atoms with Crippen LogP contribution in [-0.2, 0) is 6.54 Å². The largest absolute Gasteiger partial charge is 0.350 e. The first kappa shape index (κ1) is 17.1. The Balaban J connectivity index is 1.76. The van der Waals surface area contributed by atoms with Crippen LogP contribution in [0.25, 0.3) is 0 Å². The molecule has 0 aliphatic heterocycles. The van der Waals surface area contributed by atoms with Gasteiger partial charge in [-0.25, -0.2) is 13.8 Å².